The van der Waals surface area contributed by atoms with Crippen molar-refractivity contribution < 1.29 is 13.2 Å². The number of alkyl halides is 3. The minimum Gasteiger partial charge on any atom is -0.324 e. The Balaban J connectivity index is 2.29. The number of halogens is 3. The quantitative estimate of drug-likeness (QED) is 0.685. The molecule has 0 saturated heterocycles. The Labute approximate surface area is 75.8 Å². The Kier molecular flexibility index (Phi) is 3.36. The van der Waals surface area contributed by atoms with E-state index in [1.807, 2.05) is 6.08 Å². The van der Waals surface area contributed by atoms with Gasteiger partial charge in [-0.15, -0.1) is 0 Å². The summed E-state index contributed by atoms with van der Waals surface area (Å²) in [5.74, 6) is 0. The number of allylic oxidation sites excluding steroid dienone is 1. The van der Waals surface area contributed by atoms with Crippen molar-refractivity contribution >= 4 is 0 Å². The maximum absolute atomic E-state index is 11.8. The van der Waals surface area contributed by atoms with Crippen LogP contribution in [0.1, 0.15) is 32.1 Å². The van der Waals surface area contributed by atoms with Gasteiger partial charge in [0.2, 0.25) is 0 Å². The summed E-state index contributed by atoms with van der Waals surface area (Å²) >= 11 is 0. The molecule has 1 atom stereocenters. The zero-order chi connectivity index (χ0) is 9.90. The lowest BCUT2D eigenvalue weighted by atomic mass is 10.0. The minimum absolute atomic E-state index is 0.0231. The van der Waals surface area contributed by atoms with Crippen LogP contribution in [0.4, 0.5) is 13.2 Å². The SMILES string of the molecule is NC(CCC(F)(F)F)C1=CCCC1. The summed E-state index contributed by atoms with van der Waals surface area (Å²) < 4.78 is 35.5. The van der Waals surface area contributed by atoms with Crippen molar-refractivity contribution in [2.45, 2.75) is 44.3 Å². The molecule has 1 aliphatic rings. The van der Waals surface area contributed by atoms with Gasteiger partial charge in [-0.3, -0.25) is 0 Å². The largest absolute Gasteiger partial charge is 0.389 e. The Morgan fingerprint density at radius 3 is 2.62 bits per heavy atom. The molecular weight excluding hydrogens is 179 g/mol. The highest BCUT2D eigenvalue weighted by Gasteiger charge is 2.28. The second-order valence-corrected chi connectivity index (χ2v) is 3.43. The maximum Gasteiger partial charge on any atom is 0.389 e. The first-order valence-corrected chi connectivity index (χ1v) is 4.50. The molecule has 0 saturated carbocycles. The molecule has 0 aromatic rings. The van der Waals surface area contributed by atoms with Gasteiger partial charge in [-0.05, 0) is 25.7 Å². The lowest BCUT2D eigenvalue weighted by Gasteiger charge is -2.14. The highest BCUT2D eigenvalue weighted by Crippen LogP contribution is 2.26. The summed E-state index contributed by atoms with van der Waals surface area (Å²) in [6.07, 6.45) is 0.0296. The molecule has 0 fully saturated rings. The summed E-state index contributed by atoms with van der Waals surface area (Å²) in [5, 5.41) is 0. The van der Waals surface area contributed by atoms with Gasteiger partial charge < -0.3 is 5.73 Å². The Hall–Kier alpha value is -0.510. The molecule has 4 heteroatoms. The van der Waals surface area contributed by atoms with Crippen molar-refractivity contribution in [3.8, 4) is 0 Å². The fraction of sp³-hybridized carbons (Fsp3) is 0.778. The second kappa shape index (κ2) is 4.13. The summed E-state index contributed by atoms with van der Waals surface area (Å²) in [4.78, 5) is 0. The third-order valence-electron chi connectivity index (χ3n) is 2.29. The zero-order valence-electron chi connectivity index (χ0n) is 7.40. The van der Waals surface area contributed by atoms with Gasteiger partial charge >= 0.3 is 6.18 Å². The van der Waals surface area contributed by atoms with Crippen LogP contribution in [0.2, 0.25) is 0 Å². The van der Waals surface area contributed by atoms with E-state index >= 15 is 0 Å². The molecular formula is C9H14F3N. The van der Waals surface area contributed by atoms with Crippen LogP contribution in [0.3, 0.4) is 0 Å². The predicted octanol–water partition coefficient (Wildman–Crippen LogP) is 2.77. The van der Waals surface area contributed by atoms with Crippen LogP contribution in [0, 0.1) is 0 Å². The van der Waals surface area contributed by atoms with Gasteiger partial charge in [0.15, 0.2) is 0 Å². The van der Waals surface area contributed by atoms with Gasteiger partial charge in [-0.25, -0.2) is 0 Å². The van der Waals surface area contributed by atoms with Crippen molar-refractivity contribution in [3.63, 3.8) is 0 Å². The van der Waals surface area contributed by atoms with Crippen LogP contribution >= 0.6 is 0 Å². The van der Waals surface area contributed by atoms with E-state index < -0.39 is 12.6 Å². The highest BCUT2D eigenvalue weighted by molar-refractivity contribution is 5.14. The van der Waals surface area contributed by atoms with Crippen molar-refractivity contribution in [3.05, 3.63) is 11.6 Å². The molecule has 0 aromatic heterocycles. The first-order valence-electron chi connectivity index (χ1n) is 4.50. The maximum atomic E-state index is 11.8. The van der Waals surface area contributed by atoms with Crippen LogP contribution in [0.25, 0.3) is 0 Å². The van der Waals surface area contributed by atoms with Crippen LogP contribution in [0.5, 0.6) is 0 Å². The van der Waals surface area contributed by atoms with Crippen molar-refractivity contribution in [2.75, 3.05) is 0 Å². The number of hydrogen-bond acceptors (Lipinski definition) is 1. The van der Waals surface area contributed by atoms with Gasteiger partial charge in [-0.1, -0.05) is 11.6 Å². The lowest BCUT2D eigenvalue weighted by molar-refractivity contribution is -0.135. The van der Waals surface area contributed by atoms with E-state index in [-0.39, 0.29) is 12.5 Å². The standard InChI is InChI=1S/C9H14F3N/c10-9(11,12)6-5-8(13)7-3-1-2-4-7/h3,8H,1-2,4-6,13H2. The van der Waals surface area contributed by atoms with E-state index in [0.717, 1.165) is 24.8 Å². The van der Waals surface area contributed by atoms with Crippen molar-refractivity contribution in [1.29, 1.82) is 0 Å². The number of rotatable bonds is 3. The molecule has 1 nitrogen and oxygen atoms in total. The Morgan fingerprint density at radius 1 is 1.46 bits per heavy atom. The fourth-order valence-electron chi connectivity index (χ4n) is 1.54. The first kappa shape index (κ1) is 10.6. The third kappa shape index (κ3) is 3.81. The van der Waals surface area contributed by atoms with Crippen LogP contribution in [-0.4, -0.2) is 12.2 Å². The van der Waals surface area contributed by atoms with Gasteiger partial charge in [0.05, 0.1) is 0 Å². The van der Waals surface area contributed by atoms with Crippen molar-refractivity contribution in [1.82, 2.24) is 0 Å². The monoisotopic (exact) mass is 193 g/mol. The van der Waals surface area contributed by atoms with Gasteiger partial charge in [0.25, 0.3) is 0 Å². The molecule has 1 aliphatic carbocycles. The molecule has 1 unspecified atom stereocenters. The Morgan fingerprint density at radius 2 is 2.15 bits per heavy atom. The van der Waals surface area contributed by atoms with Crippen molar-refractivity contribution in [2.24, 2.45) is 5.73 Å². The lowest BCUT2D eigenvalue weighted by Crippen LogP contribution is -2.24. The molecule has 0 spiro atoms. The van der Waals surface area contributed by atoms with Gasteiger partial charge in [0, 0.05) is 12.5 Å². The van der Waals surface area contributed by atoms with E-state index in [1.54, 1.807) is 0 Å². The first-order chi connectivity index (χ1) is 5.99. The second-order valence-electron chi connectivity index (χ2n) is 3.43. The van der Waals surface area contributed by atoms with E-state index in [0.29, 0.717) is 0 Å². The molecule has 76 valence electrons. The van der Waals surface area contributed by atoms with Gasteiger partial charge in [0.1, 0.15) is 0 Å². The summed E-state index contributed by atoms with van der Waals surface area (Å²) in [6.45, 7) is 0. The number of hydrogen-bond donors (Lipinski definition) is 1. The molecule has 0 radical (unpaired) electrons. The Bertz CT molecular complexity index is 196. The minimum atomic E-state index is -4.07. The molecule has 0 bridgehead atoms. The molecule has 0 amide bonds. The van der Waals surface area contributed by atoms with E-state index in [4.69, 9.17) is 5.73 Å². The average Bonchev–Trinajstić information content (AvgIpc) is 2.50. The van der Waals surface area contributed by atoms with Crippen LogP contribution < -0.4 is 5.73 Å². The summed E-state index contributed by atoms with van der Waals surface area (Å²) in [5.41, 5.74) is 6.62. The van der Waals surface area contributed by atoms with E-state index in [9.17, 15) is 13.2 Å². The third-order valence-corrected chi connectivity index (χ3v) is 2.29. The predicted molar refractivity (Wildman–Crippen MR) is 45.2 cm³/mol. The zero-order valence-corrected chi connectivity index (χ0v) is 7.40. The topological polar surface area (TPSA) is 26.0 Å². The smallest absolute Gasteiger partial charge is 0.324 e. The van der Waals surface area contributed by atoms with Crippen LogP contribution in [0.15, 0.2) is 11.6 Å². The molecule has 13 heavy (non-hydrogen) atoms. The molecule has 0 aliphatic heterocycles. The molecule has 0 heterocycles. The summed E-state index contributed by atoms with van der Waals surface area (Å²) in [7, 11) is 0. The molecule has 1 rings (SSSR count). The normalized spacial score (nSPS) is 20.2. The van der Waals surface area contributed by atoms with E-state index in [1.165, 1.54) is 0 Å². The molecule has 0 aromatic carbocycles. The van der Waals surface area contributed by atoms with Crippen LogP contribution in [-0.2, 0) is 0 Å². The van der Waals surface area contributed by atoms with Gasteiger partial charge in [-0.2, -0.15) is 13.2 Å². The molecule has 2 N–H and O–H groups in total. The average molecular weight is 193 g/mol. The number of nitrogens with two attached hydrogens (primary N) is 1. The highest BCUT2D eigenvalue weighted by atomic mass is 19.4. The fourth-order valence-corrected chi connectivity index (χ4v) is 1.54. The summed E-state index contributed by atoms with van der Waals surface area (Å²) in [6, 6.07) is -0.385. The van der Waals surface area contributed by atoms with E-state index in [2.05, 4.69) is 0 Å².